The van der Waals surface area contributed by atoms with Crippen LogP contribution in [0.2, 0.25) is 0 Å². The summed E-state index contributed by atoms with van der Waals surface area (Å²) >= 11 is 0. The lowest BCUT2D eigenvalue weighted by atomic mass is 10.1. The number of carboxylic acid groups (broad SMARTS) is 1. The van der Waals surface area contributed by atoms with Gasteiger partial charge in [-0.1, -0.05) is 18.9 Å². The minimum absolute atomic E-state index is 0.0178. The largest absolute Gasteiger partial charge is 0.481 e. The molecular weight excluding hydrogens is 218 g/mol. The molecule has 4 heteroatoms. The summed E-state index contributed by atoms with van der Waals surface area (Å²) in [4.78, 5) is 24.8. The molecule has 0 aromatic heterocycles. The highest BCUT2D eigenvalue weighted by molar-refractivity contribution is 5.89. The van der Waals surface area contributed by atoms with Crippen LogP contribution in [0.15, 0.2) is 12.7 Å². The minimum Gasteiger partial charge on any atom is -0.481 e. The number of carbonyl (C=O) groups is 2. The summed E-state index contributed by atoms with van der Waals surface area (Å²) in [5.41, 5.74) is 0. The fourth-order valence-electron chi connectivity index (χ4n) is 2.73. The second-order valence-electron chi connectivity index (χ2n) is 5.00. The molecule has 0 aliphatic heterocycles. The van der Waals surface area contributed by atoms with E-state index in [0.29, 0.717) is 19.0 Å². The lowest BCUT2D eigenvalue weighted by molar-refractivity contribution is -0.142. The third kappa shape index (κ3) is 2.51. The number of hydrogen-bond acceptors (Lipinski definition) is 2. The third-order valence-electron chi connectivity index (χ3n) is 3.80. The normalized spacial score (nSPS) is 27.8. The summed E-state index contributed by atoms with van der Waals surface area (Å²) < 4.78 is 0. The molecule has 0 saturated heterocycles. The fourth-order valence-corrected chi connectivity index (χ4v) is 2.73. The maximum atomic E-state index is 12.2. The molecule has 0 radical (unpaired) electrons. The van der Waals surface area contributed by atoms with E-state index in [1.807, 2.05) is 4.90 Å². The number of nitrogens with zero attached hydrogens (tertiary/aromatic N) is 1. The number of aliphatic carboxylic acids is 1. The van der Waals surface area contributed by atoms with Gasteiger partial charge in [-0.3, -0.25) is 9.59 Å². The molecule has 0 aromatic rings. The molecule has 0 unspecified atom stereocenters. The molecule has 1 N–H and O–H groups in total. The molecule has 2 atom stereocenters. The number of carbonyl (C=O) groups excluding carboxylic acids is 1. The quantitative estimate of drug-likeness (QED) is 0.740. The average molecular weight is 237 g/mol. The van der Waals surface area contributed by atoms with Crippen molar-refractivity contribution in [2.24, 2.45) is 11.8 Å². The second-order valence-corrected chi connectivity index (χ2v) is 5.00. The van der Waals surface area contributed by atoms with E-state index < -0.39 is 11.9 Å². The zero-order valence-electron chi connectivity index (χ0n) is 9.97. The minimum atomic E-state index is -0.840. The third-order valence-corrected chi connectivity index (χ3v) is 3.80. The molecule has 94 valence electrons. The molecule has 0 bridgehead atoms. The number of hydrogen-bond donors (Lipinski definition) is 1. The predicted molar refractivity (Wildman–Crippen MR) is 63.4 cm³/mol. The van der Waals surface area contributed by atoms with Crippen LogP contribution in [-0.2, 0) is 9.59 Å². The van der Waals surface area contributed by atoms with Gasteiger partial charge in [0, 0.05) is 12.6 Å². The van der Waals surface area contributed by atoms with Crippen molar-refractivity contribution in [3.63, 3.8) is 0 Å². The van der Waals surface area contributed by atoms with Gasteiger partial charge in [0.15, 0.2) is 0 Å². The first kappa shape index (κ1) is 12.1. The zero-order chi connectivity index (χ0) is 12.4. The maximum absolute atomic E-state index is 12.2. The monoisotopic (exact) mass is 237 g/mol. The van der Waals surface area contributed by atoms with Gasteiger partial charge in [-0.25, -0.2) is 0 Å². The first-order chi connectivity index (χ1) is 8.15. The van der Waals surface area contributed by atoms with Gasteiger partial charge in [0.2, 0.25) is 5.91 Å². The standard InChI is InChI=1S/C13H19NO3/c1-2-7-14(9-5-3-4-6-9)12(15)10-8-11(10)13(16)17/h2,9-11H,1,3-8H2,(H,16,17)/t10-,11+/m0/s1. The van der Waals surface area contributed by atoms with E-state index in [-0.39, 0.29) is 11.8 Å². The van der Waals surface area contributed by atoms with Gasteiger partial charge in [0.25, 0.3) is 0 Å². The molecular formula is C13H19NO3. The average Bonchev–Trinajstić information content (AvgIpc) is 2.94. The molecule has 0 heterocycles. The Morgan fingerprint density at radius 1 is 1.29 bits per heavy atom. The summed E-state index contributed by atoms with van der Waals surface area (Å²) in [7, 11) is 0. The summed E-state index contributed by atoms with van der Waals surface area (Å²) in [6.45, 7) is 4.23. The maximum Gasteiger partial charge on any atom is 0.307 e. The van der Waals surface area contributed by atoms with E-state index in [1.165, 1.54) is 12.8 Å². The summed E-state index contributed by atoms with van der Waals surface area (Å²) in [5.74, 6) is -1.55. The van der Waals surface area contributed by atoms with E-state index >= 15 is 0 Å². The smallest absolute Gasteiger partial charge is 0.307 e. The van der Waals surface area contributed by atoms with Crippen LogP contribution in [0.4, 0.5) is 0 Å². The Hall–Kier alpha value is -1.32. The molecule has 2 rings (SSSR count). The van der Waals surface area contributed by atoms with Gasteiger partial charge < -0.3 is 10.0 Å². The van der Waals surface area contributed by atoms with Crippen LogP contribution in [0, 0.1) is 11.8 Å². The Morgan fingerprint density at radius 3 is 2.41 bits per heavy atom. The molecule has 0 spiro atoms. The highest BCUT2D eigenvalue weighted by Crippen LogP contribution is 2.41. The molecule has 2 aliphatic rings. The Labute approximate surface area is 101 Å². The highest BCUT2D eigenvalue weighted by Gasteiger charge is 2.50. The van der Waals surface area contributed by atoms with E-state index in [4.69, 9.17) is 5.11 Å². The Bertz CT molecular complexity index is 334. The summed E-state index contributed by atoms with van der Waals surface area (Å²) in [6, 6.07) is 0.301. The zero-order valence-corrected chi connectivity index (χ0v) is 9.97. The first-order valence-corrected chi connectivity index (χ1v) is 6.29. The van der Waals surface area contributed by atoms with Gasteiger partial charge in [-0.05, 0) is 19.3 Å². The lowest BCUT2D eigenvalue weighted by Gasteiger charge is -2.28. The molecule has 1 amide bonds. The highest BCUT2D eigenvalue weighted by atomic mass is 16.4. The lowest BCUT2D eigenvalue weighted by Crippen LogP contribution is -2.40. The van der Waals surface area contributed by atoms with Crippen molar-refractivity contribution in [3.05, 3.63) is 12.7 Å². The number of carboxylic acids is 1. The Morgan fingerprint density at radius 2 is 1.94 bits per heavy atom. The van der Waals surface area contributed by atoms with E-state index in [0.717, 1.165) is 12.8 Å². The second kappa shape index (κ2) is 4.90. The first-order valence-electron chi connectivity index (χ1n) is 6.29. The molecule has 17 heavy (non-hydrogen) atoms. The van der Waals surface area contributed by atoms with Crippen LogP contribution in [0.3, 0.4) is 0 Å². The number of rotatable bonds is 5. The molecule has 2 aliphatic carbocycles. The molecule has 2 saturated carbocycles. The topological polar surface area (TPSA) is 57.6 Å². The van der Waals surface area contributed by atoms with Crippen LogP contribution in [0.25, 0.3) is 0 Å². The van der Waals surface area contributed by atoms with Gasteiger partial charge in [-0.15, -0.1) is 6.58 Å². The van der Waals surface area contributed by atoms with Crippen LogP contribution in [0.5, 0.6) is 0 Å². The van der Waals surface area contributed by atoms with Crippen molar-refractivity contribution in [1.29, 1.82) is 0 Å². The summed E-state index contributed by atoms with van der Waals surface area (Å²) in [6.07, 6.45) is 6.66. The van der Waals surface area contributed by atoms with Gasteiger partial charge in [0.1, 0.15) is 0 Å². The molecule has 2 fully saturated rings. The van der Waals surface area contributed by atoms with Crippen LogP contribution in [-0.4, -0.2) is 34.5 Å². The van der Waals surface area contributed by atoms with Crippen LogP contribution >= 0.6 is 0 Å². The van der Waals surface area contributed by atoms with Crippen molar-refractivity contribution >= 4 is 11.9 Å². The van der Waals surface area contributed by atoms with E-state index in [2.05, 4.69) is 6.58 Å². The van der Waals surface area contributed by atoms with Crippen LogP contribution < -0.4 is 0 Å². The summed E-state index contributed by atoms with van der Waals surface area (Å²) in [5, 5.41) is 8.86. The number of amides is 1. The van der Waals surface area contributed by atoms with Gasteiger partial charge in [-0.2, -0.15) is 0 Å². The van der Waals surface area contributed by atoms with Crippen molar-refractivity contribution in [2.75, 3.05) is 6.54 Å². The van der Waals surface area contributed by atoms with Crippen LogP contribution in [0.1, 0.15) is 32.1 Å². The fraction of sp³-hybridized carbons (Fsp3) is 0.692. The van der Waals surface area contributed by atoms with Crippen molar-refractivity contribution in [2.45, 2.75) is 38.1 Å². The van der Waals surface area contributed by atoms with E-state index in [9.17, 15) is 9.59 Å². The molecule has 0 aromatic carbocycles. The van der Waals surface area contributed by atoms with Gasteiger partial charge >= 0.3 is 5.97 Å². The predicted octanol–water partition coefficient (Wildman–Crippen LogP) is 1.66. The van der Waals surface area contributed by atoms with Gasteiger partial charge in [0.05, 0.1) is 11.8 Å². The Kier molecular flexibility index (Phi) is 3.50. The van der Waals surface area contributed by atoms with Crippen molar-refractivity contribution < 1.29 is 14.7 Å². The molecule has 4 nitrogen and oxygen atoms in total. The Balaban J connectivity index is 1.98. The van der Waals surface area contributed by atoms with E-state index in [1.54, 1.807) is 6.08 Å². The SMILES string of the molecule is C=CCN(C(=O)[C@H]1C[C@H]1C(=O)O)C1CCCC1. The van der Waals surface area contributed by atoms with Crippen molar-refractivity contribution in [3.8, 4) is 0 Å². The van der Waals surface area contributed by atoms with Crippen molar-refractivity contribution in [1.82, 2.24) is 4.90 Å².